The van der Waals surface area contributed by atoms with Gasteiger partial charge in [0.15, 0.2) is 0 Å². The molecule has 0 aromatic heterocycles. The number of halogens is 1. The number of hydrogen-bond acceptors (Lipinski definition) is 2. The van der Waals surface area contributed by atoms with Crippen molar-refractivity contribution in [3.8, 4) is 0 Å². The van der Waals surface area contributed by atoms with Gasteiger partial charge in [-0.05, 0) is 42.9 Å². The van der Waals surface area contributed by atoms with E-state index in [9.17, 15) is 0 Å². The van der Waals surface area contributed by atoms with Crippen LogP contribution in [0.5, 0.6) is 0 Å². The number of nitrogens with two attached hydrogens (primary N) is 1. The van der Waals surface area contributed by atoms with Crippen molar-refractivity contribution >= 4 is 23.0 Å². The molecule has 1 heterocycles. The average Bonchev–Trinajstić information content (AvgIpc) is 2.41. The number of piperidine rings is 1. The molecule has 2 fully saturated rings. The van der Waals surface area contributed by atoms with E-state index in [4.69, 9.17) is 17.3 Å². The quantitative estimate of drug-likeness (QED) is 0.779. The Morgan fingerprint density at radius 2 is 1.89 bits per heavy atom. The third kappa shape index (κ3) is 2.31. The smallest absolute Gasteiger partial charge is 0.0614 e. The van der Waals surface area contributed by atoms with Gasteiger partial charge >= 0.3 is 0 Å². The van der Waals surface area contributed by atoms with E-state index in [0.29, 0.717) is 0 Å². The highest BCUT2D eigenvalue weighted by Crippen LogP contribution is 2.39. The Morgan fingerprint density at radius 1 is 1.11 bits per heavy atom. The van der Waals surface area contributed by atoms with Gasteiger partial charge < -0.3 is 10.6 Å². The van der Waals surface area contributed by atoms with E-state index >= 15 is 0 Å². The minimum atomic E-state index is 0.782. The first-order valence-corrected chi connectivity index (χ1v) is 7.42. The standard InChI is InChI=1S/C15H21ClN2/c16-13-5-6-14(17)15(9-13)18-8-7-11-3-1-2-4-12(11)10-18/h5-6,9,11-12H,1-4,7-8,10,17H2. The summed E-state index contributed by atoms with van der Waals surface area (Å²) >= 11 is 6.09. The van der Waals surface area contributed by atoms with Gasteiger partial charge in [-0.2, -0.15) is 0 Å². The molecule has 3 heteroatoms. The summed E-state index contributed by atoms with van der Waals surface area (Å²) in [7, 11) is 0. The lowest BCUT2D eigenvalue weighted by Gasteiger charge is -2.42. The first-order chi connectivity index (χ1) is 8.74. The number of fused-ring (bicyclic) bond motifs is 1. The lowest BCUT2D eigenvalue weighted by atomic mass is 9.75. The maximum atomic E-state index is 6.09. The minimum Gasteiger partial charge on any atom is -0.397 e. The molecule has 2 aliphatic rings. The van der Waals surface area contributed by atoms with E-state index in [-0.39, 0.29) is 0 Å². The third-order valence-corrected chi connectivity index (χ3v) is 4.86. The SMILES string of the molecule is Nc1ccc(Cl)cc1N1CCC2CCCCC2C1. The summed E-state index contributed by atoms with van der Waals surface area (Å²) in [6.07, 6.45) is 6.97. The van der Waals surface area contributed by atoms with Crippen molar-refractivity contribution in [3.05, 3.63) is 23.2 Å². The zero-order valence-electron chi connectivity index (χ0n) is 10.7. The van der Waals surface area contributed by atoms with Gasteiger partial charge in [0.2, 0.25) is 0 Å². The van der Waals surface area contributed by atoms with E-state index < -0.39 is 0 Å². The second-order valence-electron chi connectivity index (χ2n) is 5.74. The van der Waals surface area contributed by atoms with Crippen molar-refractivity contribution < 1.29 is 0 Å². The van der Waals surface area contributed by atoms with Crippen molar-refractivity contribution in [2.45, 2.75) is 32.1 Å². The zero-order chi connectivity index (χ0) is 12.5. The maximum Gasteiger partial charge on any atom is 0.0614 e. The van der Waals surface area contributed by atoms with Crippen LogP contribution in [-0.2, 0) is 0 Å². The normalized spacial score (nSPS) is 27.9. The highest BCUT2D eigenvalue weighted by Gasteiger charge is 2.31. The summed E-state index contributed by atoms with van der Waals surface area (Å²) in [5.74, 6) is 1.82. The fraction of sp³-hybridized carbons (Fsp3) is 0.600. The summed E-state index contributed by atoms with van der Waals surface area (Å²) in [6, 6.07) is 5.80. The summed E-state index contributed by atoms with van der Waals surface area (Å²) in [5, 5.41) is 0.782. The van der Waals surface area contributed by atoms with Gasteiger partial charge in [0.05, 0.1) is 11.4 Å². The number of nitrogens with zero attached hydrogens (tertiary/aromatic N) is 1. The number of nitrogen functional groups attached to an aromatic ring is 1. The Hall–Kier alpha value is -0.890. The Kier molecular flexibility index (Phi) is 3.38. The van der Waals surface area contributed by atoms with Crippen LogP contribution in [0.2, 0.25) is 5.02 Å². The van der Waals surface area contributed by atoms with Crippen molar-refractivity contribution in [1.29, 1.82) is 0 Å². The van der Waals surface area contributed by atoms with Gasteiger partial charge in [-0.3, -0.25) is 0 Å². The molecule has 2 unspecified atom stereocenters. The van der Waals surface area contributed by atoms with Gasteiger partial charge in [-0.15, -0.1) is 0 Å². The average molecular weight is 265 g/mol. The molecule has 2 atom stereocenters. The van der Waals surface area contributed by atoms with Gasteiger partial charge in [0.25, 0.3) is 0 Å². The van der Waals surface area contributed by atoms with Crippen LogP contribution < -0.4 is 10.6 Å². The van der Waals surface area contributed by atoms with Crippen molar-refractivity contribution in [3.63, 3.8) is 0 Å². The van der Waals surface area contributed by atoms with Crippen LogP contribution in [0.3, 0.4) is 0 Å². The van der Waals surface area contributed by atoms with Crippen LogP contribution in [-0.4, -0.2) is 13.1 Å². The van der Waals surface area contributed by atoms with Crippen molar-refractivity contribution in [2.24, 2.45) is 11.8 Å². The van der Waals surface area contributed by atoms with Crippen LogP contribution in [0.1, 0.15) is 32.1 Å². The molecule has 1 aromatic carbocycles. The predicted octanol–water partition coefficient (Wildman–Crippen LogP) is 3.94. The molecule has 98 valence electrons. The van der Waals surface area contributed by atoms with Gasteiger partial charge in [0, 0.05) is 18.1 Å². The highest BCUT2D eigenvalue weighted by molar-refractivity contribution is 6.31. The van der Waals surface area contributed by atoms with E-state index in [1.54, 1.807) is 0 Å². The number of benzene rings is 1. The van der Waals surface area contributed by atoms with Crippen LogP contribution in [0.25, 0.3) is 0 Å². The molecule has 1 saturated heterocycles. The third-order valence-electron chi connectivity index (χ3n) is 4.62. The Balaban J connectivity index is 1.79. The van der Waals surface area contributed by atoms with E-state index in [0.717, 1.165) is 41.3 Å². The topological polar surface area (TPSA) is 29.3 Å². The molecule has 0 bridgehead atoms. The largest absolute Gasteiger partial charge is 0.397 e. The molecule has 1 aliphatic carbocycles. The predicted molar refractivity (Wildman–Crippen MR) is 78.1 cm³/mol. The van der Waals surface area contributed by atoms with Crippen LogP contribution in [0.15, 0.2) is 18.2 Å². The van der Waals surface area contributed by atoms with E-state index in [1.165, 1.54) is 32.1 Å². The first kappa shape index (κ1) is 12.2. The highest BCUT2D eigenvalue weighted by atomic mass is 35.5. The van der Waals surface area contributed by atoms with E-state index in [2.05, 4.69) is 4.90 Å². The van der Waals surface area contributed by atoms with Gasteiger partial charge in [-0.25, -0.2) is 0 Å². The summed E-state index contributed by atoms with van der Waals surface area (Å²) in [4.78, 5) is 2.44. The lowest BCUT2D eigenvalue weighted by molar-refractivity contribution is 0.202. The Bertz CT molecular complexity index is 433. The Morgan fingerprint density at radius 3 is 2.72 bits per heavy atom. The molecule has 18 heavy (non-hydrogen) atoms. The van der Waals surface area contributed by atoms with Gasteiger partial charge in [0.1, 0.15) is 0 Å². The Labute approximate surface area is 114 Å². The van der Waals surface area contributed by atoms with Crippen LogP contribution >= 0.6 is 11.6 Å². The fourth-order valence-electron chi connectivity index (χ4n) is 3.61. The molecule has 3 rings (SSSR count). The molecule has 2 nitrogen and oxygen atoms in total. The van der Waals surface area contributed by atoms with Gasteiger partial charge in [-0.1, -0.05) is 30.9 Å². The monoisotopic (exact) mass is 264 g/mol. The summed E-state index contributed by atoms with van der Waals surface area (Å²) in [6.45, 7) is 2.29. The second kappa shape index (κ2) is 5.00. The molecular weight excluding hydrogens is 244 g/mol. The van der Waals surface area contributed by atoms with Crippen molar-refractivity contribution in [1.82, 2.24) is 0 Å². The molecule has 1 saturated carbocycles. The maximum absolute atomic E-state index is 6.09. The summed E-state index contributed by atoms with van der Waals surface area (Å²) in [5.41, 5.74) is 8.07. The van der Waals surface area contributed by atoms with Crippen LogP contribution in [0.4, 0.5) is 11.4 Å². The number of anilines is 2. The number of hydrogen-bond donors (Lipinski definition) is 1. The summed E-state index contributed by atoms with van der Waals surface area (Å²) < 4.78 is 0. The second-order valence-corrected chi connectivity index (χ2v) is 6.18. The minimum absolute atomic E-state index is 0.782. The molecular formula is C15H21ClN2. The van der Waals surface area contributed by atoms with E-state index in [1.807, 2.05) is 18.2 Å². The first-order valence-electron chi connectivity index (χ1n) is 7.04. The van der Waals surface area contributed by atoms with Crippen LogP contribution in [0, 0.1) is 11.8 Å². The molecule has 0 spiro atoms. The zero-order valence-corrected chi connectivity index (χ0v) is 11.5. The molecule has 0 amide bonds. The molecule has 0 radical (unpaired) electrons. The molecule has 1 aliphatic heterocycles. The number of rotatable bonds is 1. The van der Waals surface area contributed by atoms with Crippen molar-refractivity contribution in [2.75, 3.05) is 23.7 Å². The fourth-order valence-corrected chi connectivity index (χ4v) is 3.78. The lowest BCUT2D eigenvalue weighted by Crippen LogP contribution is -2.42. The molecule has 2 N–H and O–H groups in total. The molecule has 1 aromatic rings.